The number of nitrogens with one attached hydrogen (secondary N) is 1. The highest BCUT2D eigenvalue weighted by Crippen LogP contribution is 2.37. The van der Waals surface area contributed by atoms with Crippen LogP contribution in [0.1, 0.15) is 30.5 Å². The summed E-state index contributed by atoms with van der Waals surface area (Å²) < 4.78 is 52.1. The van der Waals surface area contributed by atoms with E-state index in [0.717, 1.165) is 39.8 Å². The zero-order chi connectivity index (χ0) is 22.8. The minimum absolute atomic E-state index is 0.339. The molecule has 0 spiro atoms. The van der Waals surface area contributed by atoms with E-state index in [-0.39, 0.29) is 5.75 Å². The van der Waals surface area contributed by atoms with Crippen LogP contribution in [0.4, 0.5) is 18.9 Å². The van der Waals surface area contributed by atoms with Gasteiger partial charge in [-0.05, 0) is 69.2 Å². The zero-order valence-corrected chi connectivity index (χ0v) is 17.5. The van der Waals surface area contributed by atoms with Crippen LogP contribution in [-0.4, -0.2) is 18.9 Å². The molecule has 0 aliphatic heterocycles. The van der Waals surface area contributed by atoms with Gasteiger partial charge in [-0.3, -0.25) is 4.79 Å². The molecule has 1 aromatic heterocycles. The largest absolute Gasteiger partial charge is 0.573 e. The third-order valence-electron chi connectivity index (χ3n) is 4.65. The SMILES string of the molecule is CCOc1c(/C(C)=C/C(=O)Nc2ccc(OC(F)(F)F)cc2)cc2c(C)coc2c1C. The number of aryl methyl sites for hydroxylation is 2. The van der Waals surface area contributed by atoms with Crippen LogP contribution in [0.3, 0.4) is 0 Å². The monoisotopic (exact) mass is 433 g/mol. The minimum atomic E-state index is -4.77. The van der Waals surface area contributed by atoms with Gasteiger partial charge in [0.1, 0.15) is 17.1 Å². The Kier molecular flexibility index (Phi) is 6.29. The van der Waals surface area contributed by atoms with Gasteiger partial charge in [0, 0.05) is 28.3 Å². The molecule has 0 radical (unpaired) electrons. The van der Waals surface area contributed by atoms with Gasteiger partial charge < -0.3 is 19.2 Å². The fraction of sp³-hybridized carbons (Fsp3) is 0.261. The number of ether oxygens (including phenoxy) is 2. The van der Waals surface area contributed by atoms with E-state index in [1.165, 1.54) is 18.2 Å². The maximum Gasteiger partial charge on any atom is 0.573 e. The molecule has 164 valence electrons. The first-order valence-corrected chi connectivity index (χ1v) is 9.58. The van der Waals surface area contributed by atoms with Gasteiger partial charge in [0.15, 0.2) is 0 Å². The number of furan rings is 1. The predicted molar refractivity (Wildman–Crippen MR) is 112 cm³/mol. The van der Waals surface area contributed by atoms with Crippen molar-refractivity contribution in [3.8, 4) is 11.5 Å². The number of alkyl halides is 3. The number of benzene rings is 2. The number of halogens is 3. The lowest BCUT2D eigenvalue weighted by Gasteiger charge is -2.14. The van der Waals surface area contributed by atoms with Crippen molar-refractivity contribution in [1.29, 1.82) is 0 Å². The van der Waals surface area contributed by atoms with E-state index in [1.807, 2.05) is 26.8 Å². The number of hydrogen-bond acceptors (Lipinski definition) is 4. The first-order chi connectivity index (χ1) is 14.6. The van der Waals surface area contributed by atoms with Crippen LogP contribution in [0.15, 0.2) is 47.1 Å². The normalized spacial score (nSPS) is 12.2. The number of anilines is 1. The molecule has 0 fully saturated rings. The standard InChI is InChI=1S/C23H22F3NO4/c1-5-29-21-15(4)22-19(14(3)12-30-22)11-18(21)13(2)10-20(28)27-16-6-8-17(9-7-16)31-23(24,25)26/h6-12H,5H2,1-4H3,(H,27,28)/b13-10+. The summed E-state index contributed by atoms with van der Waals surface area (Å²) in [4.78, 5) is 12.5. The number of carbonyl (C=O) groups excluding carboxylic acids is 1. The van der Waals surface area contributed by atoms with Crippen molar-refractivity contribution >= 4 is 28.1 Å². The van der Waals surface area contributed by atoms with E-state index in [4.69, 9.17) is 9.15 Å². The number of carbonyl (C=O) groups is 1. The molecule has 1 amide bonds. The molecule has 0 saturated carbocycles. The second kappa shape index (κ2) is 8.75. The topological polar surface area (TPSA) is 60.7 Å². The van der Waals surface area contributed by atoms with Crippen molar-refractivity contribution in [2.45, 2.75) is 34.1 Å². The molecule has 0 saturated heterocycles. The van der Waals surface area contributed by atoms with Gasteiger partial charge in [-0.15, -0.1) is 13.2 Å². The zero-order valence-electron chi connectivity index (χ0n) is 17.5. The minimum Gasteiger partial charge on any atom is -0.493 e. The van der Waals surface area contributed by atoms with Crippen molar-refractivity contribution in [2.75, 3.05) is 11.9 Å². The van der Waals surface area contributed by atoms with Crippen LogP contribution in [0.25, 0.3) is 16.5 Å². The Labute approximate surface area is 177 Å². The van der Waals surface area contributed by atoms with Crippen LogP contribution in [0.5, 0.6) is 11.5 Å². The molecular weight excluding hydrogens is 411 g/mol. The van der Waals surface area contributed by atoms with Crippen molar-refractivity contribution in [3.63, 3.8) is 0 Å². The molecule has 31 heavy (non-hydrogen) atoms. The second-order valence-electron chi connectivity index (χ2n) is 7.00. The lowest BCUT2D eigenvalue weighted by Crippen LogP contribution is -2.17. The highest BCUT2D eigenvalue weighted by molar-refractivity contribution is 6.05. The Hall–Kier alpha value is -3.42. The summed E-state index contributed by atoms with van der Waals surface area (Å²) in [5.41, 5.74) is 4.33. The summed E-state index contributed by atoms with van der Waals surface area (Å²) in [5, 5.41) is 3.57. The van der Waals surface area contributed by atoms with E-state index in [1.54, 1.807) is 13.2 Å². The Morgan fingerprint density at radius 1 is 1.19 bits per heavy atom. The third-order valence-corrected chi connectivity index (χ3v) is 4.65. The second-order valence-corrected chi connectivity index (χ2v) is 7.00. The van der Waals surface area contributed by atoms with Gasteiger partial charge in [0.2, 0.25) is 5.91 Å². The van der Waals surface area contributed by atoms with Crippen LogP contribution < -0.4 is 14.8 Å². The van der Waals surface area contributed by atoms with Gasteiger partial charge in [-0.25, -0.2) is 0 Å². The van der Waals surface area contributed by atoms with Crippen molar-refractivity contribution in [2.24, 2.45) is 0 Å². The number of amides is 1. The number of hydrogen-bond donors (Lipinski definition) is 1. The van der Waals surface area contributed by atoms with Gasteiger partial charge in [0.25, 0.3) is 0 Å². The third kappa shape index (κ3) is 5.20. The Balaban J connectivity index is 1.85. The smallest absolute Gasteiger partial charge is 0.493 e. The molecule has 3 aromatic rings. The number of allylic oxidation sites excluding steroid dienone is 1. The Morgan fingerprint density at radius 3 is 2.48 bits per heavy atom. The van der Waals surface area contributed by atoms with Crippen LogP contribution in [0, 0.1) is 13.8 Å². The maximum absolute atomic E-state index is 12.5. The molecular formula is C23H22F3NO4. The van der Waals surface area contributed by atoms with Gasteiger partial charge >= 0.3 is 6.36 Å². The average Bonchev–Trinajstić information content (AvgIpc) is 3.05. The molecule has 0 aliphatic rings. The molecule has 3 rings (SSSR count). The average molecular weight is 433 g/mol. The predicted octanol–water partition coefficient (Wildman–Crippen LogP) is 6.39. The first-order valence-electron chi connectivity index (χ1n) is 9.58. The van der Waals surface area contributed by atoms with Crippen molar-refractivity contribution in [3.05, 3.63) is 59.4 Å². The molecule has 0 unspecified atom stereocenters. The molecule has 0 bridgehead atoms. The van der Waals surface area contributed by atoms with E-state index < -0.39 is 12.3 Å². The fourth-order valence-corrected chi connectivity index (χ4v) is 3.25. The molecule has 8 heteroatoms. The van der Waals surface area contributed by atoms with Gasteiger partial charge in [-0.2, -0.15) is 0 Å². The molecule has 5 nitrogen and oxygen atoms in total. The fourth-order valence-electron chi connectivity index (χ4n) is 3.25. The van der Waals surface area contributed by atoms with E-state index in [0.29, 0.717) is 23.6 Å². The lowest BCUT2D eigenvalue weighted by atomic mass is 9.98. The van der Waals surface area contributed by atoms with Crippen molar-refractivity contribution in [1.82, 2.24) is 0 Å². The summed E-state index contributed by atoms with van der Waals surface area (Å²) in [6.07, 6.45) is -1.68. The lowest BCUT2D eigenvalue weighted by molar-refractivity contribution is -0.274. The molecule has 0 atom stereocenters. The molecule has 0 aliphatic carbocycles. The van der Waals surface area contributed by atoms with Crippen LogP contribution in [0.2, 0.25) is 0 Å². The molecule has 1 N–H and O–H groups in total. The van der Waals surface area contributed by atoms with E-state index in [2.05, 4.69) is 10.1 Å². The van der Waals surface area contributed by atoms with E-state index in [9.17, 15) is 18.0 Å². The summed E-state index contributed by atoms with van der Waals surface area (Å²) >= 11 is 0. The van der Waals surface area contributed by atoms with Crippen LogP contribution >= 0.6 is 0 Å². The number of rotatable bonds is 6. The summed E-state index contributed by atoms with van der Waals surface area (Å²) in [6.45, 7) is 7.95. The summed E-state index contributed by atoms with van der Waals surface area (Å²) in [6, 6.07) is 6.85. The first kappa shape index (κ1) is 22.3. The maximum atomic E-state index is 12.5. The van der Waals surface area contributed by atoms with E-state index >= 15 is 0 Å². The van der Waals surface area contributed by atoms with Gasteiger partial charge in [-0.1, -0.05) is 0 Å². The highest BCUT2D eigenvalue weighted by Gasteiger charge is 2.31. The summed E-state index contributed by atoms with van der Waals surface area (Å²) in [7, 11) is 0. The van der Waals surface area contributed by atoms with Crippen LogP contribution in [-0.2, 0) is 4.79 Å². The molecule has 1 heterocycles. The quantitative estimate of drug-likeness (QED) is 0.458. The molecule has 2 aromatic carbocycles. The Morgan fingerprint density at radius 2 is 1.87 bits per heavy atom. The highest BCUT2D eigenvalue weighted by atomic mass is 19.4. The Bertz CT molecular complexity index is 1130. The number of fused-ring (bicyclic) bond motifs is 1. The van der Waals surface area contributed by atoms with Crippen molar-refractivity contribution < 1.29 is 31.9 Å². The van der Waals surface area contributed by atoms with Gasteiger partial charge in [0.05, 0.1) is 12.9 Å². The summed E-state index contributed by atoms with van der Waals surface area (Å²) in [5.74, 6) is -0.150.